The molecule has 0 saturated carbocycles. The quantitative estimate of drug-likeness (QED) is 0.909. The molecule has 4 nitrogen and oxygen atoms in total. The number of rotatable bonds is 2. The number of aromatic nitrogens is 3. The van der Waals surface area contributed by atoms with Gasteiger partial charge in [-0.3, -0.25) is 4.98 Å². The largest absolute Gasteiger partial charge is 0.451 e. The number of pyridine rings is 1. The van der Waals surface area contributed by atoms with E-state index in [-0.39, 0.29) is 11.5 Å². The summed E-state index contributed by atoms with van der Waals surface area (Å²) < 4.78 is 38.2. The average molecular weight is 268 g/mol. The Kier molecular flexibility index (Phi) is 3.37. The summed E-state index contributed by atoms with van der Waals surface area (Å²) in [6, 6.07) is 3.09. The lowest BCUT2D eigenvalue weighted by atomic mass is 10.1. The van der Waals surface area contributed by atoms with Crippen molar-refractivity contribution in [3.63, 3.8) is 0 Å². The first-order valence-corrected chi connectivity index (χ1v) is 5.47. The third-order valence-electron chi connectivity index (χ3n) is 2.53. The summed E-state index contributed by atoms with van der Waals surface area (Å²) in [6.45, 7) is 1.76. The second kappa shape index (κ2) is 4.83. The zero-order valence-electron chi connectivity index (χ0n) is 10.3. The zero-order valence-corrected chi connectivity index (χ0v) is 10.3. The summed E-state index contributed by atoms with van der Waals surface area (Å²) in [5.74, 6) is -1.04. The van der Waals surface area contributed by atoms with Crippen LogP contribution in [0.4, 0.5) is 19.0 Å². The Morgan fingerprint density at radius 3 is 2.53 bits per heavy atom. The monoisotopic (exact) mass is 268 g/mol. The van der Waals surface area contributed by atoms with Crippen molar-refractivity contribution in [1.29, 1.82) is 0 Å². The Labute approximate surface area is 107 Å². The van der Waals surface area contributed by atoms with Crippen LogP contribution in [0.1, 0.15) is 11.4 Å². The van der Waals surface area contributed by atoms with Gasteiger partial charge >= 0.3 is 6.18 Å². The van der Waals surface area contributed by atoms with Crippen molar-refractivity contribution in [2.45, 2.75) is 13.1 Å². The number of anilines is 1. The van der Waals surface area contributed by atoms with Crippen molar-refractivity contribution < 1.29 is 13.2 Å². The number of nitrogens with one attached hydrogen (secondary N) is 1. The standard InChI is InChI=1S/C12H11F3N4/c1-7-6-17-4-3-8(7)9-5-10(16-2)19-11(18-9)12(13,14)15/h3-6H,1-2H3,(H,16,18,19). The van der Waals surface area contributed by atoms with Gasteiger partial charge in [0.15, 0.2) is 0 Å². The summed E-state index contributed by atoms with van der Waals surface area (Å²) in [4.78, 5) is 10.9. The van der Waals surface area contributed by atoms with Gasteiger partial charge in [-0.05, 0) is 18.6 Å². The van der Waals surface area contributed by atoms with E-state index in [0.29, 0.717) is 5.56 Å². The minimum atomic E-state index is -4.58. The Hall–Kier alpha value is -2.18. The van der Waals surface area contributed by atoms with E-state index >= 15 is 0 Å². The summed E-state index contributed by atoms with van der Waals surface area (Å²) in [5.41, 5.74) is 1.56. The van der Waals surface area contributed by atoms with Crippen LogP contribution >= 0.6 is 0 Å². The third kappa shape index (κ3) is 2.81. The van der Waals surface area contributed by atoms with Crippen LogP contribution in [0.15, 0.2) is 24.5 Å². The van der Waals surface area contributed by atoms with Crippen molar-refractivity contribution in [3.05, 3.63) is 35.9 Å². The van der Waals surface area contributed by atoms with Crippen LogP contribution in [0, 0.1) is 6.92 Å². The molecule has 0 atom stereocenters. The molecule has 0 bridgehead atoms. The highest BCUT2D eigenvalue weighted by Crippen LogP contribution is 2.30. The van der Waals surface area contributed by atoms with Gasteiger partial charge in [-0.15, -0.1) is 0 Å². The number of alkyl halides is 3. The molecule has 7 heteroatoms. The fourth-order valence-corrected chi connectivity index (χ4v) is 1.60. The first-order chi connectivity index (χ1) is 8.91. The highest BCUT2D eigenvalue weighted by atomic mass is 19.4. The molecule has 2 aromatic rings. The van der Waals surface area contributed by atoms with E-state index in [4.69, 9.17) is 0 Å². The van der Waals surface area contributed by atoms with E-state index in [2.05, 4.69) is 20.3 Å². The van der Waals surface area contributed by atoms with Gasteiger partial charge in [-0.25, -0.2) is 9.97 Å². The molecule has 0 fully saturated rings. The number of aryl methyl sites for hydroxylation is 1. The summed E-state index contributed by atoms with van der Waals surface area (Å²) in [6.07, 6.45) is -1.50. The fraction of sp³-hybridized carbons (Fsp3) is 0.250. The van der Waals surface area contributed by atoms with E-state index in [9.17, 15) is 13.2 Å². The highest BCUT2D eigenvalue weighted by Gasteiger charge is 2.35. The molecule has 2 heterocycles. The SMILES string of the molecule is CNc1cc(-c2ccncc2C)nc(C(F)(F)F)n1. The molecule has 2 aromatic heterocycles. The molecule has 0 spiro atoms. The normalized spacial score (nSPS) is 11.4. The van der Waals surface area contributed by atoms with Crippen molar-refractivity contribution in [2.24, 2.45) is 0 Å². The van der Waals surface area contributed by atoms with E-state index in [1.165, 1.54) is 19.3 Å². The lowest BCUT2D eigenvalue weighted by Crippen LogP contribution is -2.13. The predicted octanol–water partition coefficient (Wildman–Crippen LogP) is 2.91. The molecular weight excluding hydrogens is 257 g/mol. The lowest BCUT2D eigenvalue weighted by Gasteiger charge is -2.11. The van der Waals surface area contributed by atoms with Gasteiger partial charge in [0, 0.05) is 31.1 Å². The topological polar surface area (TPSA) is 50.7 Å². The molecule has 0 radical (unpaired) electrons. The number of halogens is 3. The van der Waals surface area contributed by atoms with Gasteiger partial charge < -0.3 is 5.32 Å². The molecule has 2 rings (SSSR count). The van der Waals surface area contributed by atoms with Gasteiger partial charge in [0.05, 0.1) is 5.69 Å². The minimum Gasteiger partial charge on any atom is -0.373 e. The summed E-state index contributed by atoms with van der Waals surface area (Å²) >= 11 is 0. The summed E-state index contributed by atoms with van der Waals surface area (Å²) in [7, 11) is 1.51. The van der Waals surface area contributed by atoms with Gasteiger partial charge in [-0.2, -0.15) is 13.2 Å². The first kappa shape index (κ1) is 13.3. The van der Waals surface area contributed by atoms with Crippen LogP contribution in [0.5, 0.6) is 0 Å². The molecule has 0 aliphatic rings. The van der Waals surface area contributed by atoms with E-state index in [1.54, 1.807) is 19.2 Å². The van der Waals surface area contributed by atoms with Crippen molar-refractivity contribution in [3.8, 4) is 11.3 Å². The van der Waals surface area contributed by atoms with Crippen LogP contribution < -0.4 is 5.32 Å². The maximum absolute atomic E-state index is 12.7. The predicted molar refractivity (Wildman–Crippen MR) is 64.5 cm³/mol. The van der Waals surface area contributed by atoms with Gasteiger partial charge in [0.1, 0.15) is 5.82 Å². The highest BCUT2D eigenvalue weighted by molar-refractivity contribution is 5.65. The van der Waals surface area contributed by atoms with Crippen molar-refractivity contribution >= 4 is 5.82 Å². The number of nitrogens with zero attached hydrogens (tertiary/aromatic N) is 3. The molecule has 0 unspecified atom stereocenters. The molecule has 100 valence electrons. The smallest absolute Gasteiger partial charge is 0.373 e. The molecule has 0 amide bonds. The Bertz CT molecular complexity index is 596. The Morgan fingerprint density at radius 1 is 1.21 bits per heavy atom. The Morgan fingerprint density at radius 2 is 1.95 bits per heavy atom. The van der Waals surface area contributed by atoms with Gasteiger partial charge in [0.2, 0.25) is 5.82 Å². The van der Waals surface area contributed by atoms with Crippen LogP contribution in [-0.2, 0) is 6.18 Å². The molecule has 0 aliphatic carbocycles. The van der Waals surface area contributed by atoms with E-state index < -0.39 is 12.0 Å². The number of hydrogen-bond acceptors (Lipinski definition) is 4. The molecule has 0 saturated heterocycles. The molecule has 19 heavy (non-hydrogen) atoms. The van der Waals surface area contributed by atoms with Crippen LogP contribution in [0.2, 0.25) is 0 Å². The molecular formula is C12H11F3N4. The number of hydrogen-bond donors (Lipinski definition) is 1. The molecule has 1 N–H and O–H groups in total. The second-order valence-electron chi connectivity index (χ2n) is 3.90. The van der Waals surface area contributed by atoms with Gasteiger partial charge in [-0.1, -0.05) is 0 Å². The van der Waals surface area contributed by atoms with Crippen molar-refractivity contribution in [1.82, 2.24) is 15.0 Å². The second-order valence-corrected chi connectivity index (χ2v) is 3.90. The van der Waals surface area contributed by atoms with E-state index in [1.807, 2.05) is 0 Å². The first-order valence-electron chi connectivity index (χ1n) is 5.47. The van der Waals surface area contributed by atoms with Crippen LogP contribution in [0.25, 0.3) is 11.3 Å². The van der Waals surface area contributed by atoms with Crippen LogP contribution in [-0.4, -0.2) is 22.0 Å². The molecule has 0 aromatic carbocycles. The summed E-state index contributed by atoms with van der Waals surface area (Å²) in [5, 5.41) is 2.60. The maximum atomic E-state index is 12.7. The maximum Gasteiger partial charge on any atom is 0.451 e. The average Bonchev–Trinajstić information content (AvgIpc) is 2.37. The molecule has 0 aliphatic heterocycles. The third-order valence-corrected chi connectivity index (χ3v) is 2.53. The van der Waals surface area contributed by atoms with Crippen LogP contribution in [0.3, 0.4) is 0 Å². The minimum absolute atomic E-state index is 0.119. The van der Waals surface area contributed by atoms with Gasteiger partial charge in [0.25, 0.3) is 0 Å². The fourth-order valence-electron chi connectivity index (χ4n) is 1.60. The zero-order chi connectivity index (χ0) is 14.0. The van der Waals surface area contributed by atoms with E-state index in [0.717, 1.165) is 5.56 Å². The Balaban J connectivity index is 2.61. The van der Waals surface area contributed by atoms with Crippen molar-refractivity contribution in [2.75, 3.05) is 12.4 Å². The lowest BCUT2D eigenvalue weighted by molar-refractivity contribution is -0.144.